The zero-order valence-electron chi connectivity index (χ0n) is 12.9. The third-order valence-corrected chi connectivity index (χ3v) is 3.20. The van der Waals surface area contributed by atoms with Crippen molar-refractivity contribution in [3.05, 3.63) is 47.5 Å². The molecule has 2 rings (SSSR count). The first-order chi connectivity index (χ1) is 11.5. The summed E-state index contributed by atoms with van der Waals surface area (Å²) in [5.41, 5.74) is 13.0. The molecule has 8 nitrogen and oxygen atoms in total. The molecule has 0 saturated heterocycles. The number of methoxy groups -OCH3 is 1. The van der Waals surface area contributed by atoms with Gasteiger partial charge in [0.25, 0.3) is 0 Å². The molecule has 0 spiro atoms. The van der Waals surface area contributed by atoms with Gasteiger partial charge in [-0.25, -0.2) is 4.79 Å². The number of carbonyl (C=O) groups is 2. The van der Waals surface area contributed by atoms with Crippen molar-refractivity contribution in [3.8, 4) is 0 Å². The summed E-state index contributed by atoms with van der Waals surface area (Å²) in [5, 5.41) is 16.9. The summed E-state index contributed by atoms with van der Waals surface area (Å²) in [6, 6.07) is 9.05. The van der Waals surface area contributed by atoms with Crippen LogP contribution < -0.4 is 11.5 Å². The average Bonchev–Trinajstić information content (AvgIpc) is 2.60. The fourth-order valence-electron chi connectivity index (χ4n) is 1.94. The Labute approximate surface area is 137 Å². The molecule has 0 radical (unpaired) electrons. The van der Waals surface area contributed by atoms with Crippen molar-refractivity contribution >= 4 is 34.5 Å². The van der Waals surface area contributed by atoms with Crippen LogP contribution in [0.1, 0.15) is 20.7 Å². The van der Waals surface area contributed by atoms with Crippen LogP contribution >= 0.6 is 0 Å². The molecule has 0 fully saturated rings. The van der Waals surface area contributed by atoms with Gasteiger partial charge in [-0.1, -0.05) is 0 Å². The average molecular weight is 328 g/mol. The van der Waals surface area contributed by atoms with Crippen LogP contribution in [0.15, 0.2) is 46.6 Å². The SMILES string of the molecule is COC(=O)c1cc(/N=N/c2ccc(N)c(C(=O)CO)c2)ccc1N. The van der Waals surface area contributed by atoms with Crippen LogP contribution in [0.2, 0.25) is 0 Å². The molecule has 0 atom stereocenters. The second kappa shape index (κ2) is 7.34. The smallest absolute Gasteiger partial charge is 0.340 e. The normalized spacial score (nSPS) is 10.8. The highest BCUT2D eigenvalue weighted by molar-refractivity contribution is 6.02. The molecule has 124 valence electrons. The molecule has 0 unspecified atom stereocenters. The summed E-state index contributed by atoms with van der Waals surface area (Å²) in [4.78, 5) is 23.2. The second-order valence-corrected chi connectivity index (χ2v) is 4.82. The zero-order chi connectivity index (χ0) is 17.7. The van der Waals surface area contributed by atoms with Crippen molar-refractivity contribution in [2.45, 2.75) is 0 Å². The topological polar surface area (TPSA) is 140 Å². The number of carbonyl (C=O) groups excluding carboxylic acids is 2. The molecule has 5 N–H and O–H groups in total. The number of hydrogen-bond donors (Lipinski definition) is 3. The molecule has 0 aliphatic rings. The van der Waals surface area contributed by atoms with Crippen molar-refractivity contribution in [1.82, 2.24) is 0 Å². The minimum Gasteiger partial charge on any atom is -0.465 e. The number of aliphatic hydroxyl groups is 1. The number of Topliss-reactive ketones (excluding diaryl/α,β-unsaturated/α-hetero) is 1. The van der Waals surface area contributed by atoms with Crippen molar-refractivity contribution in [1.29, 1.82) is 0 Å². The van der Waals surface area contributed by atoms with Crippen molar-refractivity contribution in [2.75, 3.05) is 25.2 Å². The monoisotopic (exact) mass is 328 g/mol. The van der Waals surface area contributed by atoms with Crippen LogP contribution in [0.3, 0.4) is 0 Å². The third kappa shape index (κ3) is 3.73. The van der Waals surface area contributed by atoms with E-state index in [-0.39, 0.29) is 22.5 Å². The van der Waals surface area contributed by atoms with E-state index in [1.807, 2.05) is 0 Å². The Hall–Kier alpha value is -3.26. The Kier molecular flexibility index (Phi) is 5.23. The minimum atomic E-state index is -0.648. The Bertz CT molecular complexity index is 750. The molecule has 0 amide bonds. The van der Waals surface area contributed by atoms with Crippen LogP contribution in [0.5, 0.6) is 0 Å². The van der Waals surface area contributed by atoms with Gasteiger partial charge in [0, 0.05) is 16.9 Å². The maximum Gasteiger partial charge on any atom is 0.340 e. The number of aliphatic hydroxyl groups excluding tert-OH is 1. The number of benzene rings is 2. The van der Waals surface area contributed by atoms with Gasteiger partial charge in [-0.15, -0.1) is 0 Å². The third-order valence-electron chi connectivity index (χ3n) is 3.20. The zero-order valence-corrected chi connectivity index (χ0v) is 12.9. The molecule has 0 aliphatic heterocycles. The summed E-state index contributed by atoms with van der Waals surface area (Å²) < 4.78 is 4.64. The summed E-state index contributed by atoms with van der Waals surface area (Å²) >= 11 is 0. The van der Waals surface area contributed by atoms with Crippen LogP contribution in [-0.4, -0.2) is 30.6 Å². The van der Waals surface area contributed by atoms with Crippen molar-refractivity contribution in [2.24, 2.45) is 10.2 Å². The summed E-state index contributed by atoms with van der Waals surface area (Å²) in [5.74, 6) is -1.09. The lowest BCUT2D eigenvalue weighted by Crippen LogP contribution is -2.07. The fourth-order valence-corrected chi connectivity index (χ4v) is 1.94. The number of hydrogen-bond acceptors (Lipinski definition) is 8. The Balaban J connectivity index is 2.31. The molecule has 2 aromatic rings. The largest absolute Gasteiger partial charge is 0.465 e. The van der Waals surface area contributed by atoms with E-state index >= 15 is 0 Å². The van der Waals surface area contributed by atoms with E-state index in [2.05, 4.69) is 15.0 Å². The highest BCUT2D eigenvalue weighted by Crippen LogP contribution is 2.25. The first-order valence-corrected chi connectivity index (χ1v) is 6.89. The van der Waals surface area contributed by atoms with E-state index < -0.39 is 18.4 Å². The van der Waals surface area contributed by atoms with E-state index in [0.717, 1.165) is 0 Å². The number of rotatable bonds is 5. The number of azo groups is 1. The van der Waals surface area contributed by atoms with Gasteiger partial charge in [-0.2, -0.15) is 10.2 Å². The van der Waals surface area contributed by atoms with Crippen LogP contribution in [-0.2, 0) is 4.74 Å². The Morgan fingerprint density at radius 2 is 1.50 bits per heavy atom. The summed E-state index contributed by atoms with van der Waals surface area (Å²) in [7, 11) is 1.25. The molecule has 8 heteroatoms. The maximum atomic E-state index is 11.6. The molecule has 0 aliphatic carbocycles. The minimum absolute atomic E-state index is 0.168. The van der Waals surface area contributed by atoms with Gasteiger partial charge in [0.15, 0.2) is 5.78 Å². The Morgan fingerprint density at radius 1 is 1.00 bits per heavy atom. The lowest BCUT2D eigenvalue weighted by molar-refractivity contribution is 0.0602. The van der Waals surface area contributed by atoms with E-state index in [1.165, 1.54) is 31.4 Å². The van der Waals surface area contributed by atoms with Crippen LogP contribution in [0.25, 0.3) is 0 Å². The molecule has 0 bridgehead atoms. The number of nitrogen functional groups attached to an aromatic ring is 2. The van der Waals surface area contributed by atoms with E-state index in [0.29, 0.717) is 11.4 Å². The van der Waals surface area contributed by atoms with Gasteiger partial charge in [0.05, 0.1) is 24.0 Å². The van der Waals surface area contributed by atoms with E-state index in [9.17, 15) is 9.59 Å². The van der Waals surface area contributed by atoms with Gasteiger partial charge >= 0.3 is 5.97 Å². The predicted molar refractivity (Wildman–Crippen MR) is 88.6 cm³/mol. The molecular weight excluding hydrogens is 312 g/mol. The Morgan fingerprint density at radius 3 is 2.00 bits per heavy atom. The van der Waals surface area contributed by atoms with Gasteiger partial charge < -0.3 is 21.3 Å². The molecule has 0 heterocycles. The standard InChI is InChI=1S/C16H16N4O4/c1-24-16(23)12-7-10(3-5-14(12)18)20-19-9-2-4-13(17)11(6-9)15(22)8-21/h2-7,21H,8,17-18H2,1H3/b20-19+. The van der Waals surface area contributed by atoms with Crippen molar-refractivity contribution < 1.29 is 19.4 Å². The highest BCUT2D eigenvalue weighted by Gasteiger charge is 2.11. The van der Waals surface area contributed by atoms with Gasteiger partial charge in [-0.3, -0.25) is 4.79 Å². The number of nitrogens with zero attached hydrogens (tertiary/aromatic N) is 2. The number of anilines is 2. The van der Waals surface area contributed by atoms with Gasteiger partial charge in [-0.05, 0) is 36.4 Å². The van der Waals surface area contributed by atoms with Crippen LogP contribution in [0.4, 0.5) is 22.7 Å². The maximum absolute atomic E-state index is 11.6. The van der Waals surface area contributed by atoms with Gasteiger partial charge in [0.1, 0.15) is 6.61 Å². The quantitative estimate of drug-likeness (QED) is 0.333. The first kappa shape index (κ1) is 17.1. The van der Waals surface area contributed by atoms with Gasteiger partial charge in [0.2, 0.25) is 0 Å². The van der Waals surface area contributed by atoms with E-state index in [1.54, 1.807) is 12.1 Å². The molecule has 0 aromatic heterocycles. The van der Waals surface area contributed by atoms with Crippen LogP contribution in [0, 0.1) is 0 Å². The summed E-state index contributed by atoms with van der Waals surface area (Å²) in [6.45, 7) is -0.648. The second-order valence-electron chi connectivity index (χ2n) is 4.82. The van der Waals surface area contributed by atoms with Crippen molar-refractivity contribution in [3.63, 3.8) is 0 Å². The highest BCUT2D eigenvalue weighted by atomic mass is 16.5. The molecular formula is C16H16N4O4. The molecule has 24 heavy (non-hydrogen) atoms. The lowest BCUT2D eigenvalue weighted by atomic mass is 10.1. The number of ether oxygens (including phenoxy) is 1. The number of ketones is 1. The number of nitrogens with two attached hydrogens (primary N) is 2. The fraction of sp³-hybridized carbons (Fsp3) is 0.125. The summed E-state index contributed by atoms with van der Waals surface area (Å²) in [6.07, 6.45) is 0. The first-order valence-electron chi connectivity index (χ1n) is 6.89. The lowest BCUT2D eigenvalue weighted by Gasteiger charge is -2.05. The van der Waals surface area contributed by atoms with E-state index in [4.69, 9.17) is 16.6 Å². The molecule has 0 saturated carbocycles. The number of esters is 1. The predicted octanol–water partition coefficient (Wildman–Crippen LogP) is 2.23. The molecule has 2 aromatic carbocycles.